The molecule has 5 nitrogen and oxygen atoms in total. The van der Waals surface area contributed by atoms with Gasteiger partial charge in [0.2, 0.25) is 5.91 Å². The molecular weight excluding hydrogens is 452 g/mol. The second-order valence-electron chi connectivity index (χ2n) is 6.96. The van der Waals surface area contributed by atoms with E-state index in [0.717, 1.165) is 16.5 Å². The lowest BCUT2D eigenvalue weighted by Crippen LogP contribution is -2.45. The van der Waals surface area contributed by atoms with Gasteiger partial charge in [0.25, 0.3) is 11.7 Å². The molecule has 2 amide bonds. The van der Waals surface area contributed by atoms with Crippen molar-refractivity contribution in [2.75, 3.05) is 5.32 Å². The summed E-state index contributed by atoms with van der Waals surface area (Å²) in [6, 6.07) is 16.5. The summed E-state index contributed by atoms with van der Waals surface area (Å²) in [6.45, 7) is 0. The monoisotopic (exact) mass is 471 g/mol. The Morgan fingerprint density at radius 2 is 1.81 bits per heavy atom. The van der Waals surface area contributed by atoms with Gasteiger partial charge in [-0.1, -0.05) is 36.0 Å². The third-order valence-corrected chi connectivity index (χ3v) is 6.40. The fourth-order valence-corrected chi connectivity index (χ4v) is 4.44. The van der Waals surface area contributed by atoms with E-state index in [1.54, 1.807) is 29.6 Å². The number of benzene rings is 2. The van der Waals surface area contributed by atoms with E-state index in [9.17, 15) is 18.4 Å². The first kappa shape index (κ1) is 22.0. The number of fused-ring (bicyclic) bond motifs is 1. The standard InChI is InChI=1S/C23H19F2N3O2S2/c24-23(25)32-16-9-7-15(8-10-16)27-21(29)19(28-22(30)20-6-3-11-31-20)12-14-13-26-18-5-2-1-4-17(14)18/h1-11,13,19,23,26H,12H2,(H,27,29)(H,28,30). The van der Waals surface area contributed by atoms with Gasteiger partial charge in [-0.2, -0.15) is 8.78 Å². The van der Waals surface area contributed by atoms with Gasteiger partial charge in [0, 0.05) is 34.1 Å². The van der Waals surface area contributed by atoms with Crippen molar-refractivity contribution in [3.63, 3.8) is 0 Å². The van der Waals surface area contributed by atoms with Crippen molar-refractivity contribution in [2.45, 2.75) is 23.1 Å². The molecule has 0 saturated carbocycles. The number of nitrogens with one attached hydrogen (secondary N) is 3. The molecule has 2 heterocycles. The van der Waals surface area contributed by atoms with Crippen LogP contribution in [0.15, 0.2) is 77.1 Å². The van der Waals surface area contributed by atoms with Gasteiger partial charge in [0.15, 0.2) is 0 Å². The van der Waals surface area contributed by atoms with Crippen molar-refractivity contribution in [2.24, 2.45) is 0 Å². The molecule has 0 aliphatic rings. The number of para-hydroxylation sites is 1. The van der Waals surface area contributed by atoms with Gasteiger partial charge in [0.1, 0.15) is 6.04 Å². The number of carbonyl (C=O) groups is 2. The molecule has 164 valence electrons. The Morgan fingerprint density at radius 3 is 2.53 bits per heavy atom. The van der Waals surface area contributed by atoms with Gasteiger partial charge in [-0.05, 0) is 47.3 Å². The first-order valence-electron chi connectivity index (χ1n) is 9.74. The number of thioether (sulfide) groups is 1. The average Bonchev–Trinajstić information content (AvgIpc) is 3.45. The Labute approximate surface area is 191 Å². The lowest BCUT2D eigenvalue weighted by atomic mass is 10.0. The van der Waals surface area contributed by atoms with Crippen molar-refractivity contribution in [1.29, 1.82) is 0 Å². The molecule has 0 saturated heterocycles. The molecule has 1 unspecified atom stereocenters. The summed E-state index contributed by atoms with van der Waals surface area (Å²) in [5.41, 5.74) is 2.30. The molecule has 2 aromatic carbocycles. The maximum Gasteiger partial charge on any atom is 0.288 e. The molecule has 1 atom stereocenters. The highest BCUT2D eigenvalue weighted by atomic mass is 32.2. The SMILES string of the molecule is O=C(NC(Cc1c[nH]c2ccccc12)C(=O)Nc1ccc(SC(F)F)cc1)c1cccs1. The Morgan fingerprint density at radius 1 is 1.03 bits per heavy atom. The van der Waals surface area contributed by atoms with Crippen LogP contribution in [-0.4, -0.2) is 28.6 Å². The number of amides is 2. The maximum absolute atomic E-state index is 13.1. The normalized spacial score (nSPS) is 12.1. The number of thiophene rings is 1. The van der Waals surface area contributed by atoms with Crippen LogP contribution >= 0.6 is 23.1 Å². The Kier molecular flexibility index (Phi) is 6.87. The Hall–Kier alpha value is -3.17. The van der Waals surface area contributed by atoms with E-state index in [4.69, 9.17) is 0 Å². The molecule has 0 bridgehead atoms. The summed E-state index contributed by atoms with van der Waals surface area (Å²) in [5, 5.41) is 8.37. The predicted molar refractivity (Wildman–Crippen MR) is 125 cm³/mol. The zero-order chi connectivity index (χ0) is 22.5. The van der Waals surface area contributed by atoms with Gasteiger partial charge >= 0.3 is 0 Å². The number of aromatic amines is 1. The van der Waals surface area contributed by atoms with E-state index < -0.39 is 17.7 Å². The molecule has 0 fully saturated rings. The number of H-pyrrole nitrogens is 1. The van der Waals surface area contributed by atoms with Gasteiger partial charge in [-0.15, -0.1) is 11.3 Å². The quantitative estimate of drug-likeness (QED) is 0.296. The zero-order valence-electron chi connectivity index (χ0n) is 16.7. The van der Waals surface area contributed by atoms with E-state index >= 15 is 0 Å². The van der Waals surface area contributed by atoms with Gasteiger partial charge < -0.3 is 15.6 Å². The van der Waals surface area contributed by atoms with Crippen LogP contribution in [0.1, 0.15) is 15.2 Å². The summed E-state index contributed by atoms with van der Waals surface area (Å²) >= 11 is 1.73. The molecule has 32 heavy (non-hydrogen) atoms. The number of alkyl halides is 2. The maximum atomic E-state index is 13.1. The Balaban J connectivity index is 1.53. The smallest absolute Gasteiger partial charge is 0.288 e. The minimum atomic E-state index is -2.51. The fourth-order valence-electron chi connectivity index (χ4n) is 3.32. The molecule has 4 aromatic rings. The molecular formula is C23H19F2N3O2S2. The number of anilines is 1. The van der Waals surface area contributed by atoms with Crippen LogP contribution in [0.3, 0.4) is 0 Å². The highest BCUT2D eigenvalue weighted by Crippen LogP contribution is 2.26. The van der Waals surface area contributed by atoms with E-state index in [1.165, 1.54) is 23.5 Å². The second-order valence-corrected chi connectivity index (χ2v) is 8.97. The van der Waals surface area contributed by atoms with Crippen LogP contribution < -0.4 is 10.6 Å². The van der Waals surface area contributed by atoms with Crippen LogP contribution in [0, 0.1) is 0 Å². The zero-order valence-corrected chi connectivity index (χ0v) is 18.3. The number of carbonyl (C=O) groups excluding carboxylic acids is 2. The molecule has 0 spiro atoms. The average molecular weight is 472 g/mol. The summed E-state index contributed by atoms with van der Waals surface area (Å²) < 4.78 is 25.0. The van der Waals surface area contributed by atoms with Crippen LogP contribution in [0.5, 0.6) is 0 Å². The first-order chi connectivity index (χ1) is 15.5. The van der Waals surface area contributed by atoms with Gasteiger partial charge in [-0.25, -0.2) is 0 Å². The van der Waals surface area contributed by atoms with E-state index in [0.29, 0.717) is 27.2 Å². The molecule has 4 rings (SSSR count). The van der Waals surface area contributed by atoms with Gasteiger partial charge in [-0.3, -0.25) is 9.59 Å². The lowest BCUT2D eigenvalue weighted by Gasteiger charge is -2.18. The largest absolute Gasteiger partial charge is 0.361 e. The lowest BCUT2D eigenvalue weighted by molar-refractivity contribution is -0.118. The number of aromatic nitrogens is 1. The molecule has 9 heteroatoms. The molecule has 0 aliphatic carbocycles. The number of rotatable bonds is 8. The third kappa shape index (κ3) is 5.35. The topological polar surface area (TPSA) is 74.0 Å². The second kappa shape index (κ2) is 9.97. The fraction of sp³-hybridized carbons (Fsp3) is 0.130. The highest BCUT2D eigenvalue weighted by Gasteiger charge is 2.24. The summed E-state index contributed by atoms with van der Waals surface area (Å²) in [4.78, 5) is 29.8. The van der Waals surface area contributed by atoms with Crippen molar-refractivity contribution >= 4 is 51.5 Å². The predicted octanol–water partition coefficient (Wildman–Crippen LogP) is 5.52. The first-order valence-corrected chi connectivity index (χ1v) is 11.5. The number of hydrogen-bond acceptors (Lipinski definition) is 4. The molecule has 2 aromatic heterocycles. The van der Waals surface area contributed by atoms with Crippen LogP contribution in [0.4, 0.5) is 14.5 Å². The number of halogens is 2. The summed E-state index contributed by atoms with van der Waals surface area (Å²) in [6.07, 6.45) is 2.12. The van der Waals surface area contributed by atoms with E-state index in [-0.39, 0.29) is 12.3 Å². The summed E-state index contributed by atoms with van der Waals surface area (Å²) in [5.74, 6) is -3.23. The van der Waals surface area contributed by atoms with Crippen molar-refractivity contribution < 1.29 is 18.4 Å². The minimum absolute atomic E-state index is 0.284. The Bertz CT molecular complexity index is 1210. The van der Waals surface area contributed by atoms with Gasteiger partial charge in [0.05, 0.1) is 4.88 Å². The minimum Gasteiger partial charge on any atom is -0.361 e. The van der Waals surface area contributed by atoms with Crippen molar-refractivity contribution in [1.82, 2.24) is 10.3 Å². The van der Waals surface area contributed by atoms with E-state index in [2.05, 4.69) is 15.6 Å². The number of hydrogen-bond donors (Lipinski definition) is 3. The van der Waals surface area contributed by atoms with Crippen LogP contribution in [0.25, 0.3) is 10.9 Å². The van der Waals surface area contributed by atoms with Crippen molar-refractivity contribution in [3.05, 3.63) is 82.7 Å². The summed E-state index contributed by atoms with van der Waals surface area (Å²) in [7, 11) is 0. The molecule has 0 aliphatic heterocycles. The van der Waals surface area contributed by atoms with Crippen LogP contribution in [-0.2, 0) is 11.2 Å². The molecule has 0 radical (unpaired) electrons. The van der Waals surface area contributed by atoms with Crippen molar-refractivity contribution in [3.8, 4) is 0 Å². The van der Waals surface area contributed by atoms with E-state index in [1.807, 2.05) is 30.5 Å². The van der Waals surface area contributed by atoms with Crippen LogP contribution in [0.2, 0.25) is 0 Å². The third-order valence-electron chi connectivity index (χ3n) is 4.81. The highest BCUT2D eigenvalue weighted by molar-refractivity contribution is 7.99. The molecule has 3 N–H and O–H groups in total.